The molecule has 16 heavy (non-hydrogen) atoms. The highest BCUT2D eigenvalue weighted by Gasteiger charge is 2.16. The summed E-state index contributed by atoms with van der Waals surface area (Å²) in [6.07, 6.45) is 1.13. The van der Waals surface area contributed by atoms with Gasteiger partial charge in [-0.05, 0) is 18.2 Å². The van der Waals surface area contributed by atoms with Crippen LogP contribution in [0.15, 0.2) is 27.5 Å². The van der Waals surface area contributed by atoms with E-state index in [1.54, 1.807) is 14.1 Å². The van der Waals surface area contributed by atoms with Crippen molar-refractivity contribution in [1.82, 2.24) is 4.90 Å². The smallest absolute Gasteiger partial charge is 0.285 e. The van der Waals surface area contributed by atoms with E-state index in [9.17, 15) is 12.8 Å². The molecule has 0 amide bonds. The summed E-state index contributed by atoms with van der Waals surface area (Å²) in [6, 6.07) is 3.03. The van der Waals surface area contributed by atoms with Crippen molar-refractivity contribution in [2.24, 2.45) is 4.40 Å². The van der Waals surface area contributed by atoms with Crippen LogP contribution in [-0.2, 0) is 10.0 Å². The van der Waals surface area contributed by atoms with E-state index in [-0.39, 0.29) is 9.92 Å². The van der Waals surface area contributed by atoms with Crippen molar-refractivity contribution in [3.63, 3.8) is 0 Å². The molecule has 0 atom stereocenters. The van der Waals surface area contributed by atoms with Gasteiger partial charge >= 0.3 is 0 Å². The van der Waals surface area contributed by atoms with Gasteiger partial charge in [0.15, 0.2) is 0 Å². The quantitative estimate of drug-likeness (QED) is 0.617. The Balaban J connectivity index is 3.18. The normalized spacial score (nSPS) is 12.0. The fraction of sp³-hybridized carbons (Fsp3) is 0.222. The van der Waals surface area contributed by atoms with Crippen molar-refractivity contribution < 1.29 is 12.8 Å². The maximum Gasteiger partial charge on any atom is 0.285 e. The molecule has 0 bridgehead atoms. The summed E-state index contributed by atoms with van der Waals surface area (Å²) in [5, 5.41) is -0.184. The summed E-state index contributed by atoms with van der Waals surface area (Å²) in [4.78, 5) is 1.25. The molecule has 0 fully saturated rings. The molecule has 0 unspecified atom stereocenters. The van der Waals surface area contributed by atoms with E-state index in [0.29, 0.717) is 0 Å². The summed E-state index contributed by atoms with van der Waals surface area (Å²) in [5.74, 6) is -0.597. The van der Waals surface area contributed by atoms with Gasteiger partial charge in [-0.3, -0.25) is 0 Å². The van der Waals surface area contributed by atoms with Crippen LogP contribution in [0.4, 0.5) is 4.39 Å². The molecule has 0 aliphatic carbocycles. The highest BCUT2D eigenvalue weighted by molar-refractivity contribution is 7.90. The van der Waals surface area contributed by atoms with E-state index in [0.717, 1.165) is 24.5 Å². The van der Waals surface area contributed by atoms with Gasteiger partial charge in [-0.25, -0.2) is 4.39 Å². The zero-order valence-corrected chi connectivity index (χ0v) is 10.3. The van der Waals surface area contributed by atoms with Crippen LogP contribution in [-0.4, -0.2) is 33.8 Å². The molecule has 0 saturated heterocycles. The van der Waals surface area contributed by atoms with Gasteiger partial charge in [-0.15, -0.1) is 4.40 Å². The predicted octanol–water partition coefficient (Wildman–Crippen LogP) is 1.76. The minimum absolute atomic E-state index is 0.184. The van der Waals surface area contributed by atoms with Crippen LogP contribution in [0.5, 0.6) is 0 Å². The maximum absolute atomic E-state index is 12.7. The van der Waals surface area contributed by atoms with Crippen LogP contribution in [0.2, 0.25) is 5.02 Å². The van der Waals surface area contributed by atoms with Crippen LogP contribution < -0.4 is 0 Å². The third-order valence-corrected chi connectivity index (χ3v) is 3.30. The molecule has 7 heteroatoms. The Kier molecular flexibility index (Phi) is 3.88. The molecular weight excluding hydrogens is 255 g/mol. The number of hydrogen-bond acceptors (Lipinski definition) is 2. The third kappa shape index (κ3) is 3.18. The Morgan fingerprint density at radius 2 is 2.06 bits per heavy atom. The minimum Gasteiger partial charge on any atom is -0.368 e. The highest BCUT2D eigenvalue weighted by Crippen LogP contribution is 2.23. The zero-order chi connectivity index (χ0) is 12.3. The average molecular weight is 265 g/mol. The van der Waals surface area contributed by atoms with Crippen molar-refractivity contribution >= 4 is 28.0 Å². The van der Waals surface area contributed by atoms with Gasteiger partial charge in [-0.2, -0.15) is 8.42 Å². The molecule has 4 nitrogen and oxygen atoms in total. The number of rotatable bonds is 3. The van der Waals surface area contributed by atoms with Gasteiger partial charge < -0.3 is 4.90 Å². The van der Waals surface area contributed by atoms with Crippen molar-refractivity contribution in [3.8, 4) is 0 Å². The molecule has 0 heterocycles. The summed E-state index contributed by atoms with van der Waals surface area (Å²) < 4.78 is 39.4. The Labute approximate surface area is 98.4 Å². The van der Waals surface area contributed by atoms with E-state index >= 15 is 0 Å². The van der Waals surface area contributed by atoms with Crippen LogP contribution in [0.25, 0.3) is 0 Å². The summed E-state index contributed by atoms with van der Waals surface area (Å²) in [6.45, 7) is 0. The average Bonchev–Trinajstić information content (AvgIpc) is 2.14. The van der Waals surface area contributed by atoms with Gasteiger partial charge in [0.25, 0.3) is 10.0 Å². The van der Waals surface area contributed by atoms with E-state index in [1.807, 2.05) is 0 Å². The van der Waals surface area contributed by atoms with Crippen LogP contribution >= 0.6 is 11.6 Å². The molecule has 0 radical (unpaired) electrons. The zero-order valence-electron chi connectivity index (χ0n) is 8.68. The third-order valence-electron chi connectivity index (χ3n) is 1.59. The van der Waals surface area contributed by atoms with Crippen LogP contribution in [0, 0.1) is 5.82 Å². The second-order valence-electron chi connectivity index (χ2n) is 3.23. The lowest BCUT2D eigenvalue weighted by atomic mass is 10.3. The SMILES string of the molecule is CN(C)C=NS(=O)(=O)c1ccc(F)cc1Cl. The number of hydrogen-bond donors (Lipinski definition) is 0. The first-order valence-electron chi connectivity index (χ1n) is 4.25. The Hall–Kier alpha value is -1.14. The number of sulfonamides is 1. The highest BCUT2D eigenvalue weighted by atomic mass is 35.5. The van der Waals surface area contributed by atoms with Crippen molar-refractivity contribution in [1.29, 1.82) is 0 Å². The van der Waals surface area contributed by atoms with E-state index in [4.69, 9.17) is 11.6 Å². The molecule has 88 valence electrons. The van der Waals surface area contributed by atoms with E-state index < -0.39 is 15.8 Å². The minimum atomic E-state index is -3.87. The first-order valence-corrected chi connectivity index (χ1v) is 6.06. The first-order chi connectivity index (χ1) is 7.33. The van der Waals surface area contributed by atoms with Crippen molar-refractivity contribution in [2.75, 3.05) is 14.1 Å². The molecule has 0 aliphatic heterocycles. The maximum atomic E-state index is 12.7. The number of halogens is 2. The lowest BCUT2D eigenvalue weighted by Crippen LogP contribution is -2.10. The lowest BCUT2D eigenvalue weighted by Gasteiger charge is -2.04. The fourth-order valence-corrected chi connectivity index (χ4v) is 2.33. The summed E-state index contributed by atoms with van der Waals surface area (Å²) in [5.41, 5.74) is 0. The Morgan fingerprint density at radius 3 is 2.56 bits per heavy atom. The summed E-state index contributed by atoms with van der Waals surface area (Å²) >= 11 is 5.62. The Bertz CT molecular complexity index is 514. The van der Waals surface area contributed by atoms with E-state index in [1.165, 1.54) is 4.90 Å². The van der Waals surface area contributed by atoms with Crippen molar-refractivity contribution in [3.05, 3.63) is 29.0 Å². The molecule has 0 spiro atoms. The molecule has 0 aromatic heterocycles. The first kappa shape index (κ1) is 12.9. The predicted molar refractivity (Wildman–Crippen MR) is 60.8 cm³/mol. The standard InChI is InChI=1S/C9H10ClFN2O2S/c1-13(2)6-12-16(14,15)9-4-3-7(11)5-8(9)10/h3-6H,1-2H3. The topological polar surface area (TPSA) is 49.7 Å². The molecular formula is C9H10ClFN2O2S. The molecule has 1 aromatic rings. The van der Waals surface area contributed by atoms with Gasteiger partial charge in [0, 0.05) is 14.1 Å². The lowest BCUT2D eigenvalue weighted by molar-refractivity contribution is 0.593. The van der Waals surface area contributed by atoms with Gasteiger partial charge in [0.05, 0.1) is 5.02 Å². The molecule has 0 N–H and O–H groups in total. The molecule has 1 aromatic carbocycles. The molecule has 0 aliphatic rings. The monoisotopic (exact) mass is 264 g/mol. The van der Waals surface area contributed by atoms with Crippen LogP contribution in [0.1, 0.15) is 0 Å². The number of nitrogens with zero attached hydrogens (tertiary/aromatic N) is 2. The second kappa shape index (κ2) is 4.80. The largest absolute Gasteiger partial charge is 0.368 e. The van der Waals surface area contributed by atoms with Gasteiger partial charge in [0.1, 0.15) is 17.1 Å². The second-order valence-corrected chi connectivity index (χ2v) is 5.24. The fourth-order valence-electron chi connectivity index (χ4n) is 0.898. The Morgan fingerprint density at radius 1 is 1.44 bits per heavy atom. The van der Waals surface area contributed by atoms with Gasteiger partial charge in [-0.1, -0.05) is 11.6 Å². The van der Waals surface area contributed by atoms with Gasteiger partial charge in [0.2, 0.25) is 0 Å². The number of benzene rings is 1. The van der Waals surface area contributed by atoms with Crippen LogP contribution in [0.3, 0.4) is 0 Å². The van der Waals surface area contributed by atoms with Crippen molar-refractivity contribution in [2.45, 2.75) is 4.90 Å². The van der Waals surface area contributed by atoms with E-state index in [2.05, 4.69) is 4.40 Å². The molecule has 0 saturated carbocycles. The molecule has 1 rings (SSSR count). The summed E-state index contributed by atoms with van der Waals surface area (Å²) in [7, 11) is -0.613.